The summed E-state index contributed by atoms with van der Waals surface area (Å²) in [5.74, 6) is -0.965. The Morgan fingerprint density at radius 3 is 2.61 bits per heavy atom. The first kappa shape index (κ1) is 21.0. The molecule has 0 spiro atoms. The summed E-state index contributed by atoms with van der Waals surface area (Å²) < 4.78 is 0. The van der Waals surface area contributed by atoms with Crippen molar-refractivity contribution in [2.24, 2.45) is 0 Å². The molecule has 2 fully saturated rings. The van der Waals surface area contributed by atoms with Gasteiger partial charge in [0.25, 0.3) is 5.91 Å². The number of hydrogen-bond acceptors (Lipinski definition) is 6. The highest BCUT2D eigenvalue weighted by Gasteiger charge is 2.40. The molecule has 1 aromatic carbocycles. The largest absolute Gasteiger partial charge is 0.350 e. The summed E-state index contributed by atoms with van der Waals surface area (Å²) in [5.41, 5.74) is 1.45. The minimum absolute atomic E-state index is 0.0947. The Kier molecular flexibility index (Phi) is 5.73. The van der Waals surface area contributed by atoms with Crippen LogP contribution in [0.15, 0.2) is 35.7 Å². The van der Waals surface area contributed by atoms with Crippen LogP contribution in [0.25, 0.3) is 0 Å². The van der Waals surface area contributed by atoms with Gasteiger partial charge in [-0.2, -0.15) is 0 Å². The number of thiazole rings is 1. The highest BCUT2D eigenvalue weighted by molar-refractivity contribution is 7.09. The smallest absolute Gasteiger partial charge is 0.324 e. The summed E-state index contributed by atoms with van der Waals surface area (Å²) >= 11 is 1.49. The molecule has 10 heteroatoms. The first-order chi connectivity index (χ1) is 14.8. The van der Waals surface area contributed by atoms with Crippen LogP contribution in [-0.4, -0.2) is 64.2 Å². The predicted molar refractivity (Wildman–Crippen MR) is 113 cm³/mol. The molecule has 5 amide bonds. The maximum atomic E-state index is 13.2. The number of likely N-dealkylation sites (tertiary alicyclic amines) is 1. The first-order valence-corrected chi connectivity index (χ1v) is 10.9. The second-order valence-corrected chi connectivity index (χ2v) is 8.66. The van der Waals surface area contributed by atoms with Crippen LogP contribution >= 0.6 is 11.3 Å². The maximum Gasteiger partial charge on any atom is 0.324 e. The van der Waals surface area contributed by atoms with Crippen molar-refractivity contribution in [3.8, 4) is 0 Å². The lowest BCUT2D eigenvalue weighted by atomic mass is 10.1. The van der Waals surface area contributed by atoms with Crippen molar-refractivity contribution >= 4 is 35.1 Å². The van der Waals surface area contributed by atoms with Crippen LogP contribution in [0, 0.1) is 6.92 Å². The van der Waals surface area contributed by atoms with E-state index in [4.69, 9.17) is 0 Å². The molecule has 2 aliphatic rings. The van der Waals surface area contributed by atoms with Crippen molar-refractivity contribution in [2.45, 2.75) is 37.9 Å². The van der Waals surface area contributed by atoms with E-state index in [1.807, 2.05) is 30.5 Å². The van der Waals surface area contributed by atoms with Gasteiger partial charge in [0, 0.05) is 36.3 Å². The lowest BCUT2D eigenvalue weighted by molar-refractivity contribution is -0.134. The van der Waals surface area contributed by atoms with Gasteiger partial charge < -0.3 is 15.5 Å². The molecule has 162 valence electrons. The summed E-state index contributed by atoms with van der Waals surface area (Å²) in [7, 11) is 1.37. The van der Waals surface area contributed by atoms with Gasteiger partial charge >= 0.3 is 6.03 Å². The molecule has 2 aliphatic heterocycles. The Bertz CT molecular complexity index is 1010. The van der Waals surface area contributed by atoms with Gasteiger partial charge in [-0.05, 0) is 25.5 Å². The normalized spacial score (nSPS) is 23.6. The number of rotatable bonds is 4. The van der Waals surface area contributed by atoms with Gasteiger partial charge in [0.1, 0.15) is 11.0 Å². The van der Waals surface area contributed by atoms with Gasteiger partial charge in [0.2, 0.25) is 11.8 Å². The number of imide groups is 1. The lowest BCUT2D eigenvalue weighted by Gasteiger charge is -2.28. The molecular formula is C21H23N5O4S. The fourth-order valence-electron chi connectivity index (χ4n) is 3.85. The summed E-state index contributed by atoms with van der Waals surface area (Å²) in [6.07, 6.45) is 0.411. The molecule has 2 N–H and O–H groups in total. The summed E-state index contributed by atoms with van der Waals surface area (Å²) in [4.78, 5) is 56.9. The van der Waals surface area contributed by atoms with Crippen molar-refractivity contribution in [1.82, 2.24) is 25.4 Å². The van der Waals surface area contributed by atoms with E-state index in [1.165, 1.54) is 18.4 Å². The Morgan fingerprint density at radius 2 is 1.97 bits per heavy atom. The number of amides is 5. The fourth-order valence-corrected chi connectivity index (χ4v) is 4.77. The van der Waals surface area contributed by atoms with E-state index in [9.17, 15) is 19.2 Å². The van der Waals surface area contributed by atoms with Crippen LogP contribution < -0.4 is 10.6 Å². The van der Waals surface area contributed by atoms with Crippen LogP contribution in [0.1, 0.15) is 39.9 Å². The zero-order valence-corrected chi connectivity index (χ0v) is 18.0. The Balaban J connectivity index is 1.50. The Labute approximate surface area is 183 Å². The van der Waals surface area contributed by atoms with Gasteiger partial charge in [-0.1, -0.05) is 18.2 Å². The standard InChI is InChI=1S/C21H23N5O4S/c1-12-11-31-19(22-12)16-8-14(10-26(16)20(29)13-6-4-3-5-7-13)23-18(28)15-9-17(27)25(2)21(30)24-15/h3-7,11,14-16H,8-10H2,1-2H3,(H,23,28)(H,24,30)/t14-,15-,16-/m0/s1. The minimum Gasteiger partial charge on any atom is -0.350 e. The van der Waals surface area contributed by atoms with Crippen molar-refractivity contribution in [1.29, 1.82) is 0 Å². The fraction of sp³-hybridized carbons (Fsp3) is 0.381. The van der Waals surface area contributed by atoms with Gasteiger partial charge in [0.15, 0.2) is 0 Å². The molecule has 1 aromatic heterocycles. The van der Waals surface area contributed by atoms with E-state index >= 15 is 0 Å². The third kappa shape index (κ3) is 4.29. The van der Waals surface area contributed by atoms with Gasteiger partial charge in [0.05, 0.1) is 12.5 Å². The van der Waals surface area contributed by atoms with Crippen LogP contribution in [0.3, 0.4) is 0 Å². The summed E-state index contributed by atoms with van der Waals surface area (Å²) in [6, 6.07) is 6.90. The minimum atomic E-state index is -0.921. The number of urea groups is 1. The topological polar surface area (TPSA) is 112 Å². The maximum absolute atomic E-state index is 13.2. The average Bonchev–Trinajstić information content (AvgIpc) is 3.37. The number of nitrogens with zero attached hydrogens (tertiary/aromatic N) is 3. The second kappa shape index (κ2) is 8.46. The molecule has 3 heterocycles. The monoisotopic (exact) mass is 441 g/mol. The molecule has 3 atom stereocenters. The van der Waals surface area contributed by atoms with E-state index in [-0.39, 0.29) is 24.4 Å². The van der Waals surface area contributed by atoms with Gasteiger partial charge in [-0.15, -0.1) is 11.3 Å². The van der Waals surface area contributed by atoms with E-state index in [0.29, 0.717) is 18.5 Å². The Hall–Kier alpha value is -3.27. The zero-order chi connectivity index (χ0) is 22.1. The average molecular weight is 442 g/mol. The molecule has 0 bridgehead atoms. The number of aromatic nitrogens is 1. The number of carbonyl (C=O) groups is 4. The van der Waals surface area contributed by atoms with E-state index in [2.05, 4.69) is 15.6 Å². The van der Waals surface area contributed by atoms with Crippen molar-refractivity contribution < 1.29 is 19.2 Å². The molecule has 2 aromatic rings. The Morgan fingerprint density at radius 1 is 1.23 bits per heavy atom. The molecule has 0 unspecified atom stereocenters. The first-order valence-electron chi connectivity index (χ1n) is 9.99. The van der Waals surface area contributed by atoms with Crippen LogP contribution in [0.2, 0.25) is 0 Å². The second-order valence-electron chi connectivity index (χ2n) is 7.77. The van der Waals surface area contributed by atoms with Crippen molar-refractivity contribution in [3.63, 3.8) is 0 Å². The van der Waals surface area contributed by atoms with Crippen LogP contribution in [0.5, 0.6) is 0 Å². The SMILES string of the molecule is Cc1csc([C@@H]2C[C@H](NC(=O)[C@@H]3CC(=O)N(C)C(=O)N3)CN2C(=O)c2ccccc2)n1. The summed E-state index contributed by atoms with van der Waals surface area (Å²) in [5, 5.41) is 8.20. The molecule has 2 saturated heterocycles. The number of aryl methyl sites for hydroxylation is 1. The highest BCUT2D eigenvalue weighted by atomic mass is 32.1. The zero-order valence-electron chi connectivity index (χ0n) is 17.2. The molecule has 0 saturated carbocycles. The molecular weight excluding hydrogens is 418 g/mol. The molecule has 4 rings (SSSR count). The lowest BCUT2D eigenvalue weighted by Crippen LogP contribution is -2.59. The van der Waals surface area contributed by atoms with Gasteiger partial charge in [-0.3, -0.25) is 19.3 Å². The summed E-state index contributed by atoms with van der Waals surface area (Å²) in [6.45, 7) is 2.22. The van der Waals surface area contributed by atoms with Crippen molar-refractivity contribution in [3.05, 3.63) is 52.0 Å². The number of benzene rings is 1. The van der Waals surface area contributed by atoms with Crippen LogP contribution in [0.4, 0.5) is 4.79 Å². The molecule has 9 nitrogen and oxygen atoms in total. The number of carbonyl (C=O) groups excluding carboxylic acids is 4. The quantitative estimate of drug-likeness (QED) is 0.746. The molecule has 0 radical (unpaired) electrons. The predicted octanol–water partition coefficient (Wildman–Crippen LogP) is 1.46. The number of nitrogens with one attached hydrogen (secondary N) is 2. The molecule has 0 aliphatic carbocycles. The third-order valence-corrected chi connectivity index (χ3v) is 6.59. The molecule has 31 heavy (non-hydrogen) atoms. The third-order valence-electron chi connectivity index (χ3n) is 5.52. The van der Waals surface area contributed by atoms with E-state index in [1.54, 1.807) is 17.0 Å². The van der Waals surface area contributed by atoms with Gasteiger partial charge in [-0.25, -0.2) is 9.78 Å². The highest BCUT2D eigenvalue weighted by Crippen LogP contribution is 2.35. The van der Waals surface area contributed by atoms with E-state index < -0.39 is 23.9 Å². The van der Waals surface area contributed by atoms with E-state index in [0.717, 1.165) is 15.6 Å². The van der Waals surface area contributed by atoms with Crippen molar-refractivity contribution in [2.75, 3.05) is 13.6 Å². The van der Waals surface area contributed by atoms with Crippen LogP contribution in [-0.2, 0) is 9.59 Å². The number of hydrogen-bond donors (Lipinski definition) is 2.